The summed E-state index contributed by atoms with van der Waals surface area (Å²) >= 11 is 1.40. The highest BCUT2D eigenvalue weighted by Crippen LogP contribution is 2.35. The number of carboxylic acids is 1. The number of hydrogen-bond acceptors (Lipinski definition) is 6. The van der Waals surface area contributed by atoms with Crippen molar-refractivity contribution in [3.8, 4) is 0 Å². The average molecular weight is 256 g/mol. The molecule has 0 aliphatic carbocycles. The summed E-state index contributed by atoms with van der Waals surface area (Å²) in [6.45, 7) is -0.0910. The fourth-order valence-corrected chi connectivity index (χ4v) is 2.85. The zero-order valence-corrected chi connectivity index (χ0v) is 9.70. The third-order valence-corrected chi connectivity index (χ3v) is 3.71. The summed E-state index contributed by atoms with van der Waals surface area (Å²) < 4.78 is 5.25. The number of hydrogen-bond donors (Lipinski definition) is 3. The van der Waals surface area contributed by atoms with Crippen molar-refractivity contribution >= 4 is 23.5 Å². The summed E-state index contributed by atoms with van der Waals surface area (Å²) in [5.41, 5.74) is 5.71. The molecule has 0 aromatic carbocycles. The summed E-state index contributed by atoms with van der Waals surface area (Å²) in [4.78, 5) is 22.3. The Kier molecular flexibility index (Phi) is 3.51. The van der Waals surface area contributed by atoms with E-state index < -0.39 is 12.0 Å². The van der Waals surface area contributed by atoms with Gasteiger partial charge >= 0.3 is 5.97 Å². The number of carbonyl (C=O) groups is 2. The van der Waals surface area contributed by atoms with E-state index in [4.69, 9.17) is 15.3 Å². The first-order valence-electron chi connectivity index (χ1n) is 5.04. The fourth-order valence-electron chi connectivity index (χ4n) is 1.63. The number of thioether (sulfide) groups is 1. The van der Waals surface area contributed by atoms with Gasteiger partial charge in [0.2, 0.25) is 0 Å². The van der Waals surface area contributed by atoms with Crippen LogP contribution in [0.15, 0.2) is 16.7 Å². The number of furan rings is 1. The van der Waals surface area contributed by atoms with Crippen molar-refractivity contribution in [1.29, 1.82) is 0 Å². The van der Waals surface area contributed by atoms with Crippen LogP contribution in [-0.4, -0.2) is 35.2 Å². The van der Waals surface area contributed by atoms with Crippen molar-refractivity contribution < 1.29 is 19.1 Å². The molecule has 4 N–H and O–H groups in total. The molecule has 1 aliphatic rings. The molecular weight excluding hydrogens is 244 g/mol. The Morgan fingerprint density at radius 2 is 2.41 bits per heavy atom. The predicted molar refractivity (Wildman–Crippen MR) is 61.9 cm³/mol. The SMILES string of the molecule is NCC(=O)c1ccoc1C1N[C@H](C(=O)O)CS1. The molecule has 0 radical (unpaired) electrons. The van der Waals surface area contributed by atoms with E-state index in [1.807, 2.05) is 0 Å². The second-order valence-corrected chi connectivity index (χ2v) is 4.73. The summed E-state index contributed by atoms with van der Waals surface area (Å²) in [6.07, 6.45) is 1.41. The number of nitrogens with one attached hydrogen (secondary N) is 1. The molecule has 1 aliphatic heterocycles. The molecule has 1 fully saturated rings. The summed E-state index contributed by atoms with van der Waals surface area (Å²) in [6, 6.07) is 0.942. The van der Waals surface area contributed by atoms with E-state index in [1.54, 1.807) is 6.07 Å². The summed E-state index contributed by atoms with van der Waals surface area (Å²) in [7, 11) is 0. The largest absolute Gasteiger partial charge is 0.480 e. The molecular formula is C10H12N2O4S. The highest BCUT2D eigenvalue weighted by Gasteiger charge is 2.34. The van der Waals surface area contributed by atoms with E-state index >= 15 is 0 Å². The van der Waals surface area contributed by atoms with Crippen LogP contribution in [0.4, 0.5) is 0 Å². The van der Waals surface area contributed by atoms with Gasteiger partial charge in [0.1, 0.15) is 17.2 Å². The van der Waals surface area contributed by atoms with Crippen molar-refractivity contribution in [1.82, 2.24) is 5.32 Å². The molecule has 0 spiro atoms. The minimum Gasteiger partial charge on any atom is -0.480 e. The molecule has 0 bridgehead atoms. The molecule has 6 nitrogen and oxygen atoms in total. The minimum absolute atomic E-state index is 0.0910. The van der Waals surface area contributed by atoms with Gasteiger partial charge in [-0.25, -0.2) is 0 Å². The molecule has 2 heterocycles. The zero-order chi connectivity index (χ0) is 12.4. The lowest BCUT2D eigenvalue weighted by Gasteiger charge is -2.09. The monoisotopic (exact) mass is 256 g/mol. The number of aliphatic carboxylic acids is 1. The number of carbonyl (C=O) groups excluding carboxylic acids is 1. The average Bonchev–Trinajstić information content (AvgIpc) is 2.95. The quantitative estimate of drug-likeness (QED) is 0.661. The zero-order valence-electron chi connectivity index (χ0n) is 8.88. The number of Topliss-reactive ketones (excluding diaryl/α,β-unsaturated/α-hetero) is 1. The van der Waals surface area contributed by atoms with Crippen LogP contribution in [0.25, 0.3) is 0 Å². The first-order valence-corrected chi connectivity index (χ1v) is 6.09. The summed E-state index contributed by atoms with van der Waals surface area (Å²) in [5.74, 6) is -0.223. The molecule has 1 unspecified atom stereocenters. The number of nitrogens with two attached hydrogens (primary N) is 1. The molecule has 0 saturated carbocycles. The Hall–Kier alpha value is -1.31. The Labute approximate surface area is 102 Å². The van der Waals surface area contributed by atoms with Crippen molar-refractivity contribution in [2.24, 2.45) is 5.73 Å². The standard InChI is InChI=1S/C10H12N2O4S/c11-3-7(13)5-1-2-16-8(5)9-12-6(4-17-9)10(14)15/h1-2,6,9,12H,3-4,11H2,(H,14,15)/t6-,9?/m0/s1. The Morgan fingerprint density at radius 3 is 3.00 bits per heavy atom. The highest BCUT2D eigenvalue weighted by atomic mass is 32.2. The Bertz CT molecular complexity index is 445. The van der Waals surface area contributed by atoms with E-state index in [9.17, 15) is 9.59 Å². The number of rotatable bonds is 4. The van der Waals surface area contributed by atoms with Crippen LogP contribution in [0, 0.1) is 0 Å². The van der Waals surface area contributed by atoms with Crippen molar-refractivity contribution in [2.45, 2.75) is 11.4 Å². The first kappa shape index (κ1) is 12.2. The fraction of sp³-hybridized carbons (Fsp3) is 0.400. The summed E-state index contributed by atoms with van der Waals surface area (Å²) in [5, 5.41) is 11.4. The third kappa shape index (κ3) is 2.36. The van der Waals surface area contributed by atoms with Crippen LogP contribution in [-0.2, 0) is 4.79 Å². The lowest BCUT2D eigenvalue weighted by Crippen LogP contribution is -2.34. The van der Waals surface area contributed by atoms with Gasteiger partial charge in [0.05, 0.1) is 18.4 Å². The highest BCUT2D eigenvalue weighted by molar-refractivity contribution is 7.99. The molecule has 17 heavy (non-hydrogen) atoms. The number of carboxylic acid groups (broad SMARTS) is 1. The van der Waals surface area contributed by atoms with Gasteiger partial charge in [-0.05, 0) is 6.07 Å². The maximum Gasteiger partial charge on any atom is 0.321 e. The molecule has 1 aromatic rings. The van der Waals surface area contributed by atoms with Gasteiger partial charge in [-0.1, -0.05) is 0 Å². The third-order valence-electron chi connectivity index (χ3n) is 2.50. The molecule has 0 amide bonds. The van der Waals surface area contributed by atoms with Gasteiger partial charge < -0.3 is 15.3 Å². The lowest BCUT2D eigenvalue weighted by molar-refractivity contribution is -0.138. The normalized spacial score (nSPS) is 23.8. The molecule has 1 saturated heterocycles. The van der Waals surface area contributed by atoms with Crippen LogP contribution < -0.4 is 11.1 Å². The second kappa shape index (κ2) is 4.91. The maximum atomic E-state index is 11.5. The van der Waals surface area contributed by atoms with Gasteiger partial charge in [-0.15, -0.1) is 11.8 Å². The van der Waals surface area contributed by atoms with E-state index in [-0.39, 0.29) is 17.7 Å². The predicted octanol–water partition coefficient (Wildman–Crippen LogP) is 0.209. The van der Waals surface area contributed by atoms with Gasteiger partial charge in [-0.2, -0.15) is 0 Å². The number of ketones is 1. The lowest BCUT2D eigenvalue weighted by atomic mass is 10.1. The van der Waals surface area contributed by atoms with Crippen LogP contribution >= 0.6 is 11.8 Å². The van der Waals surface area contributed by atoms with E-state index in [0.29, 0.717) is 17.1 Å². The van der Waals surface area contributed by atoms with Crippen molar-refractivity contribution in [3.63, 3.8) is 0 Å². The maximum absolute atomic E-state index is 11.5. The van der Waals surface area contributed by atoms with Crippen LogP contribution in [0.2, 0.25) is 0 Å². The van der Waals surface area contributed by atoms with Crippen LogP contribution in [0.5, 0.6) is 0 Å². The second-order valence-electron chi connectivity index (χ2n) is 3.60. The first-order chi connectivity index (χ1) is 8.13. The molecule has 92 valence electrons. The van der Waals surface area contributed by atoms with E-state index in [1.165, 1.54) is 18.0 Å². The minimum atomic E-state index is -0.904. The smallest absolute Gasteiger partial charge is 0.321 e. The van der Waals surface area contributed by atoms with Crippen molar-refractivity contribution in [3.05, 3.63) is 23.7 Å². The van der Waals surface area contributed by atoms with Crippen LogP contribution in [0.3, 0.4) is 0 Å². The van der Waals surface area contributed by atoms with E-state index in [0.717, 1.165) is 0 Å². The van der Waals surface area contributed by atoms with Gasteiger partial charge in [-0.3, -0.25) is 14.9 Å². The van der Waals surface area contributed by atoms with Gasteiger partial charge in [0.25, 0.3) is 0 Å². The molecule has 2 atom stereocenters. The van der Waals surface area contributed by atoms with Crippen molar-refractivity contribution in [2.75, 3.05) is 12.3 Å². The topological polar surface area (TPSA) is 106 Å². The molecule has 2 rings (SSSR count). The van der Waals surface area contributed by atoms with Gasteiger partial charge in [0.15, 0.2) is 5.78 Å². The molecule has 7 heteroatoms. The Morgan fingerprint density at radius 1 is 1.65 bits per heavy atom. The molecule has 1 aromatic heterocycles. The van der Waals surface area contributed by atoms with E-state index in [2.05, 4.69) is 5.32 Å². The Balaban J connectivity index is 2.16. The van der Waals surface area contributed by atoms with Crippen LogP contribution in [0.1, 0.15) is 21.5 Å². The van der Waals surface area contributed by atoms with Gasteiger partial charge in [0, 0.05) is 5.75 Å².